The quantitative estimate of drug-likeness (QED) is 0.812. The van der Waals surface area contributed by atoms with Crippen molar-refractivity contribution in [1.29, 1.82) is 0 Å². The van der Waals surface area contributed by atoms with Gasteiger partial charge >= 0.3 is 0 Å². The average molecular weight is 242 g/mol. The normalized spacial score (nSPS) is 10.9. The summed E-state index contributed by atoms with van der Waals surface area (Å²) in [6.45, 7) is 1.98. The van der Waals surface area contributed by atoms with E-state index in [0.29, 0.717) is 5.82 Å². The Bertz CT molecular complexity index is 542. The molecule has 1 heterocycles. The highest BCUT2D eigenvalue weighted by Gasteiger charge is 2.05. The molecule has 0 bridgehead atoms. The Morgan fingerprint density at radius 3 is 2.22 bits per heavy atom. The van der Waals surface area contributed by atoms with Crippen molar-refractivity contribution >= 4 is 0 Å². The number of benzene rings is 1. The van der Waals surface area contributed by atoms with Crippen molar-refractivity contribution in [2.24, 2.45) is 0 Å². The molecule has 0 aliphatic heterocycles. The second kappa shape index (κ2) is 5.31. The van der Waals surface area contributed by atoms with Crippen LogP contribution in [0.1, 0.15) is 12.5 Å². The topological polar surface area (TPSA) is 66.2 Å². The SMILES string of the molecule is CC=CCc1ccc(-c2nc(O)cc(O)n2)cc1. The van der Waals surface area contributed by atoms with Crippen molar-refractivity contribution in [2.75, 3.05) is 0 Å². The first-order valence-electron chi connectivity index (χ1n) is 5.66. The van der Waals surface area contributed by atoms with Crippen LogP contribution in [0.5, 0.6) is 11.8 Å². The molecule has 0 atom stereocenters. The number of aromatic hydroxyl groups is 2. The Hall–Kier alpha value is -2.36. The number of nitrogens with zero attached hydrogens (tertiary/aromatic N) is 2. The van der Waals surface area contributed by atoms with E-state index in [-0.39, 0.29) is 11.8 Å². The second-order valence-corrected chi connectivity index (χ2v) is 3.88. The molecule has 2 aromatic rings. The van der Waals surface area contributed by atoms with E-state index in [9.17, 15) is 10.2 Å². The maximum Gasteiger partial charge on any atom is 0.218 e. The molecule has 0 amide bonds. The van der Waals surface area contributed by atoms with Crippen LogP contribution in [0.2, 0.25) is 0 Å². The van der Waals surface area contributed by atoms with E-state index in [1.54, 1.807) is 0 Å². The minimum Gasteiger partial charge on any atom is -0.493 e. The molecule has 0 fully saturated rings. The molecular formula is C14H14N2O2. The van der Waals surface area contributed by atoms with Gasteiger partial charge in [-0.1, -0.05) is 36.4 Å². The van der Waals surface area contributed by atoms with Gasteiger partial charge < -0.3 is 10.2 Å². The van der Waals surface area contributed by atoms with E-state index in [4.69, 9.17) is 0 Å². The molecular weight excluding hydrogens is 228 g/mol. The van der Waals surface area contributed by atoms with E-state index in [1.807, 2.05) is 37.3 Å². The van der Waals surface area contributed by atoms with Gasteiger partial charge in [0.2, 0.25) is 11.8 Å². The highest BCUT2D eigenvalue weighted by Crippen LogP contribution is 2.21. The molecule has 92 valence electrons. The maximum absolute atomic E-state index is 9.31. The Morgan fingerprint density at radius 1 is 1.06 bits per heavy atom. The first-order chi connectivity index (χ1) is 8.69. The first kappa shape index (κ1) is 12.1. The lowest BCUT2D eigenvalue weighted by molar-refractivity contribution is 0.423. The van der Waals surface area contributed by atoms with Crippen LogP contribution < -0.4 is 0 Å². The Labute approximate surface area is 105 Å². The summed E-state index contributed by atoms with van der Waals surface area (Å²) in [5.41, 5.74) is 1.94. The van der Waals surface area contributed by atoms with Crippen molar-refractivity contribution in [3.63, 3.8) is 0 Å². The number of allylic oxidation sites excluding steroid dienone is 2. The van der Waals surface area contributed by atoms with Gasteiger partial charge in [-0.25, -0.2) is 0 Å². The molecule has 0 unspecified atom stereocenters. The molecule has 0 aliphatic rings. The van der Waals surface area contributed by atoms with Gasteiger partial charge in [-0.2, -0.15) is 9.97 Å². The minimum atomic E-state index is -0.240. The number of rotatable bonds is 3. The molecule has 0 aliphatic carbocycles. The molecule has 4 nitrogen and oxygen atoms in total. The molecule has 0 spiro atoms. The van der Waals surface area contributed by atoms with E-state index >= 15 is 0 Å². The van der Waals surface area contributed by atoms with E-state index < -0.39 is 0 Å². The largest absolute Gasteiger partial charge is 0.493 e. The fourth-order valence-corrected chi connectivity index (χ4v) is 1.59. The highest BCUT2D eigenvalue weighted by atomic mass is 16.3. The summed E-state index contributed by atoms with van der Waals surface area (Å²) in [6.07, 6.45) is 4.96. The Kier molecular flexibility index (Phi) is 3.57. The van der Waals surface area contributed by atoms with Crippen LogP contribution in [0.15, 0.2) is 42.5 Å². The van der Waals surface area contributed by atoms with Crippen LogP contribution in [0.4, 0.5) is 0 Å². The predicted octanol–water partition coefficient (Wildman–Crippen LogP) is 2.67. The van der Waals surface area contributed by atoms with Crippen molar-refractivity contribution in [1.82, 2.24) is 9.97 Å². The fraction of sp³-hybridized carbons (Fsp3) is 0.143. The molecule has 4 heteroatoms. The van der Waals surface area contributed by atoms with Gasteiger partial charge in [0.25, 0.3) is 0 Å². The van der Waals surface area contributed by atoms with Crippen LogP contribution in [-0.2, 0) is 6.42 Å². The van der Waals surface area contributed by atoms with Crippen molar-refractivity contribution in [2.45, 2.75) is 13.3 Å². The summed E-state index contributed by atoms with van der Waals surface area (Å²) in [4.78, 5) is 7.73. The third-order valence-electron chi connectivity index (χ3n) is 2.50. The second-order valence-electron chi connectivity index (χ2n) is 3.88. The third-order valence-corrected chi connectivity index (χ3v) is 2.50. The lowest BCUT2D eigenvalue weighted by Crippen LogP contribution is -1.89. The molecule has 1 aromatic carbocycles. The standard InChI is InChI=1S/C14H14N2O2/c1-2-3-4-10-5-7-11(8-6-10)14-15-12(17)9-13(18)16-14/h2-3,5-9H,4H2,1H3,(H2,15,16,17,18). The summed E-state index contributed by atoms with van der Waals surface area (Å²) in [6, 6.07) is 8.78. The molecule has 2 rings (SSSR count). The third kappa shape index (κ3) is 2.85. The lowest BCUT2D eigenvalue weighted by Gasteiger charge is -2.03. The van der Waals surface area contributed by atoms with Crippen LogP contribution in [0, 0.1) is 0 Å². The highest BCUT2D eigenvalue weighted by molar-refractivity contribution is 5.56. The molecule has 1 aromatic heterocycles. The lowest BCUT2D eigenvalue weighted by atomic mass is 10.1. The van der Waals surface area contributed by atoms with Gasteiger partial charge in [-0.05, 0) is 18.9 Å². The van der Waals surface area contributed by atoms with E-state index in [1.165, 1.54) is 5.56 Å². The monoisotopic (exact) mass is 242 g/mol. The van der Waals surface area contributed by atoms with Crippen molar-refractivity contribution in [3.05, 3.63) is 48.0 Å². The predicted molar refractivity (Wildman–Crippen MR) is 69.3 cm³/mol. The summed E-state index contributed by atoms with van der Waals surface area (Å²) in [5, 5.41) is 18.6. The zero-order valence-electron chi connectivity index (χ0n) is 10.0. The number of aromatic nitrogens is 2. The zero-order chi connectivity index (χ0) is 13.0. The molecule has 0 saturated heterocycles. The van der Waals surface area contributed by atoms with E-state index in [0.717, 1.165) is 18.1 Å². The van der Waals surface area contributed by atoms with Crippen LogP contribution >= 0.6 is 0 Å². The van der Waals surface area contributed by atoms with Gasteiger partial charge in [-0.3, -0.25) is 0 Å². The van der Waals surface area contributed by atoms with Gasteiger partial charge in [0, 0.05) is 5.56 Å². The molecule has 2 N–H and O–H groups in total. The Balaban J connectivity index is 2.28. The average Bonchev–Trinajstić information content (AvgIpc) is 2.36. The van der Waals surface area contributed by atoms with Crippen LogP contribution in [0.3, 0.4) is 0 Å². The zero-order valence-corrected chi connectivity index (χ0v) is 10.0. The summed E-state index contributed by atoms with van der Waals surface area (Å²) >= 11 is 0. The minimum absolute atomic E-state index is 0.240. The first-order valence-corrected chi connectivity index (χ1v) is 5.66. The summed E-state index contributed by atoms with van der Waals surface area (Å²) in [5.74, 6) is -0.170. The van der Waals surface area contributed by atoms with Gasteiger partial charge in [0.1, 0.15) is 0 Å². The van der Waals surface area contributed by atoms with E-state index in [2.05, 4.69) is 16.0 Å². The van der Waals surface area contributed by atoms with Crippen LogP contribution in [-0.4, -0.2) is 20.2 Å². The molecule has 0 radical (unpaired) electrons. The van der Waals surface area contributed by atoms with Gasteiger partial charge in [0.15, 0.2) is 5.82 Å². The smallest absolute Gasteiger partial charge is 0.218 e. The number of hydrogen-bond acceptors (Lipinski definition) is 4. The fourth-order valence-electron chi connectivity index (χ4n) is 1.59. The number of hydrogen-bond donors (Lipinski definition) is 2. The molecule has 0 saturated carbocycles. The van der Waals surface area contributed by atoms with Gasteiger partial charge in [-0.15, -0.1) is 0 Å². The maximum atomic E-state index is 9.31. The molecule has 18 heavy (non-hydrogen) atoms. The van der Waals surface area contributed by atoms with Crippen LogP contribution in [0.25, 0.3) is 11.4 Å². The van der Waals surface area contributed by atoms with Gasteiger partial charge in [0.05, 0.1) is 6.07 Å². The summed E-state index contributed by atoms with van der Waals surface area (Å²) < 4.78 is 0. The summed E-state index contributed by atoms with van der Waals surface area (Å²) in [7, 11) is 0. The van der Waals surface area contributed by atoms with Crippen molar-refractivity contribution in [3.8, 4) is 23.1 Å². The Morgan fingerprint density at radius 2 is 1.67 bits per heavy atom. The van der Waals surface area contributed by atoms with Crippen molar-refractivity contribution < 1.29 is 10.2 Å².